The number of ether oxygens (including phenoxy) is 1. The number of azo groups is 1. The zero-order chi connectivity index (χ0) is 21.1. The van der Waals surface area contributed by atoms with Crippen molar-refractivity contribution in [2.45, 2.75) is 19.6 Å². The van der Waals surface area contributed by atoms with Gasteiger partial charge in [-0.3, -0.25) is 4.79 Å². The van der Waals surface area contributed by atoms with Crippen molar-refractivity contribution in [3.8, 4) is 17.0 Å². The van der Waals surface area contributed by atoms with Crippen LogP contribution in [0.3, 0.4) is 0 Å². The fourth-order valence-electron chi connectivity index (χ4n) is 2.92. The molecule has 1 aromatic heterocycles. The topological polar surface area (TPSA) is 99.7 Å². The molecule has 2 heterocycles. The van der Waals surface area contributed by atoms with Gasteiger partial charge < -0.3 is 9.84 Å². The molecule has 1 N–H and O–H groups in total. The highest BCUT2D eigenvalue weighted by Gasteiger charge is 2.36. The van der Waals surface area contributed by atoms with Crippen molar-refractivity contribution < 1.29 is 14.6 Å². The Labute approximate surface area is 177 Å². The van der Waals surface area contributed by atoms with Gasteiger partial charge in [0, 0.05) is 10.9 Å². The maximum Gasteiger partial charge on any atom is 0.282 e. The van der Waals surface area contributed by atoms with Gasteiger partial charge in [-0.2, -0.15) is 20.3 Å². The number of hydrogen-bond acceptors (Lipinski definition) is 8. The number of aliphatic hydroxyl groups excluding tert-OH is 1. The highest BCUT2D eigenvalue weighted by atomic mass is 32.1. The number of nitrogens with zero attached hydrogens (tertiary/aromatic N) is 5. The summed E-state index contributed by atoms with van der Waals surface area (Å²) in [5.74, 6) is 0.465. The molecule has 8 nitrogen and oxygen atoms in total. The molecule has 1 amide bonds. The number of aromatic nitrogens is 1. The molecule has 1 unspecified atom stereocenters. The van der Waals surface area contributed by atoms with Gasteiger partial charge in [0.15, 0.2) is 6.04 Å². The monoisotopic (exact) mass is 421 g/mol. The summed E-state index contributed by atoms with van der Waals surface area (Å²) in [7, 11) is 1.62. The fourth-order valence-corrected chi connectivity index (χ4v) is 3.71. The first-order chi connectivity index (χ1) is 14.6. The first kappa shape index (κ1) is 19.9. The first-order valence-corrected chi connectivity index (χ1v) is 10.1. The van der Waals surface area contributed by atoms with E-state index in [4.69, 9.17) is 4.74 Å². The number of hydrazone groups is 1. The lowest BCUT2D eigenvalue weighted by Crippen LogP contribution is -2.29. The second-order valence-electron chi connectivity index (χ2n) is 6.58. The normalized spacial score (nSPS) is 16.4. The molecule has 0 spiro atoms. The van der Waals surface area contributed by atoms with Crippen LogP contribution in [0.25, 0.3) is 11.3 Å². The quantitative estimate of drug-likeness (QED) is 0.603. The van der Waals surface area contributed by atoms with E-state index in [2.05, 4.69) is 20.3 Å². The molecule has 3 aromatic rings. The number of benzene rings is 2. The molecule has 0 fully saturated rings. The van der Waals surface area contributed by atoms with Crippen molar-refractivity contribution in [3.05, 3.63) is 59.5 Å². The lowest BCUT2D eigenvalue weighted by atomic mass is 10.2. The smallest absolute Gasteiger partial charge is 0.282 e. The van der Waals surface area contributed by atoms with E-state index < -0.39 is 6.04 Å². The Balaban J connectivity index is 1.52. The minimum Gasteiger partial charge on any atom is -0.497 e. The average Bonchev–Trinajstić information content (AvgIpc) is 3.37. The van der Waals surface area contributed by atoms with Crippen molar-refractivity contribution in [2.75, 3.05) is 12.1 Å². The van der Waals surface area contributed by atoms with Gasteiger partial charge in [0.05, 0.1) is 30.8 Å². The highest BCUT2D eigenvalue weighted by molar-refractivity contribution is 7.14. The largest absolute Gasteiger partial charge is 0.497 e. The Bertz CT molecular complexity index is 1120. The van der Waals surface area contributed by atoms with E-state index in [9.17, 15) is 9.90 Å². The molecule has 0 saturated carbocycles. The predicted molar refractivity (Wildman–Crippen MR) is 115 cm³/mol. The third kappa shape index (κ3) is 3.98. The van der Waals surface area contributed by atoms with Crippen LogP contribution >= 0.6 is 11.3 Å². The van der Waals surface area contributed by atoms with E-state index in [1.54, 1.807) is 38.3 Å². The van der Waals surface area contributed by atoms with Crippen LogP contribution in [0, 0.1) is 0 Å². The summed E-state index contributed by atoms with van der Waals surface area (Å²) in [6.07, 6.45) is 0. The highest BCUT2D eigenvalue weighted by Crippen LogP contribution is 2.31. The summed E-state index contributed by atoms with van der Waals surface area (Å²) < 4.78 is 5.18. The van der Waals surface area contributed by atoms with Crippen LogP contribution in [0.4, 0.5) is 10.8 Å². The van der Waals surface area contributed by atoms with Gasteiger partial charge in [0.25, 0.3) is 5.91 Å². The van der Waals surface area contributed by atoms with Gasteiger partial charge in [-0.15, -0.1) is 11.3 Å². The van der Waals surface area contributed by atoms with E-state index >= 15 is 0 Å². The number of aliphatic hydroxyl groups is 1. The van der Waals surface area contributed by atoms with Crippen LogP contribution in [0.5, 0.6) is 5.75 Å². The Kier molecular flexibility index (Phi) is 5.64. The van der Waals surface area contributed by atoms with Gasteiger partial charge in [-0.25, -0.2) is 4.98 Å². The van der Waals surface area contributed by atoms with Crippen molar-refractivity contribution in [2.24, 2.45) is 15.3 Å². The molecule has 0 radical (unpaired) electrons. The molecular formula is C21H19N5O3S. The fraction of sp³-hybridized carbons (Fsp3) is 0.190. The third-order valence-corrected chi connectivity index (χ3v) is 5.35. The molecule has 1 aliphatic rings. The SMILES string of the molecule is COc1ccc(-c2csc(N3N=C(C)C(/N=N/c4cccc(CO)c4)C3=O)n2)cc1. The van der Waals surface area contributed by atoms with Crippen LogP contribution < -0.4 is 9.75 Å². The number of carbonyl (C=O) groups excluding carboxylic acids is 1. The number of methoxy groups -OCH3 is 1. The van der Waals surface area contributed by atoms with Crippen molar-refractivity contribution in [3.63, 3.8) is 0 Å². The maximum atomic E-state index is 12.9. The second kappa shape index (κ2) is 8.52. The molecule has 0 aliphatic carbocycles. The number of carbonyl (C=O) groups is 1. The number of anilines is 1. The molecule has 9 heteroatoms. The number of rotatable bonds is 6. The summed E-state index contributed by atoms with van der Waals surface area (Å²) in [6.45, 7) is 1.66. The van der Waals surface area contributed by atoms with Crippen LogP contribution in [-0.2, 0) is 11.4 Å². The summed E-state index contributed by atoms with van der Waals surface area (Å²) in [5, 5.41) is 25.5. The van der Waals surface area contributed by atoms with E-state index in [1.165, 1.54) is 16.3 Å². The van der Waals surface area contributed by atoms with Crippen molar-refractivity contribution in [1.82, 2.24) is 4.98 Å². The van der Waals surface area contributed by atoms with Crippen LogP contribution in [0.1, 0.15) is 12.5 Å². The summed E-state index contributed by atoms with van der Waals surface area (Å²) >= 11 is 1.33. The first-order valence-electron chi connectivity index (χ1n) is 9.18. The Morgan fingerprint density at radius 2 is 2.03 bits per heavy atom. The zero-order valence-corrected chi connectivity index (χ0v) is 17.2. The number of hydrogen-bond donors (Lipinski definition) is 1. The van der Waals surface area contributed by atoms with Crippen LogP contribution in [0.2, 0.25) is 0 Å². The van der Waals surface area contributed by atoms with Gasteiger partial charge in [-0.05, 0) is 48.9 Å². The van der Waals surface area contributed by atoms with Crippen LogP contribution in [0.15, 0.2) is 69.2 Å². The molecule has 2 aromatic carbocycles. The van der Waals surface area contributed by atoms with E-state index in [0.717, 1.165) is 22.6 Å². The maximum absolute atomic E-state index is 12.9. The molecule has 0 saturated heterocycles. The Hall–Kier alpha value is -3.43. The number of thiazole rings is 1. The second-order valence-corrected chi connectivity index (χ2v) is 7.42. The Morgan fingerprint density at radius 3 is 2.77 bits per heavy atom. The summed E-state index contributed by atoms with van der Waals surface area (Å²) in [5.41, 5.74) is 3.51. The predicted octanol–water partition coefficient (Wildman–Crippen LogP) is 4.19. The molecule has 1 aliphatic heterocycles. The number of amides is 1. The molecule has 30 heavy (non-hydrogen) atoms. The molecule has 0 bridgehead atoms. The van der Waals surface area contributed by atoms with Gasteiger partial charge in [0.1, 0.15) is 5.75 Å². The van der Waals surface area contributed by atoms with Gasteiger partial charge in [0.2, 0.25) is 5.13 Å². The standard InChI is InChI=1S/C21H19N5O3S/c1-13-19(24-23-16-5-3-4-14(10-16)11-27)20(28)26(25-13)21-22-18(12-30-21)15-6-8-17(29-2)9-7-15/h3-10,12,19,27H,11H2,1-2H3/b24-23+. The zero-order valence-electron chi connectivity index (χ0n) is 16.4. The van der Waals surface area contributed by atoms with Gasteiger partial charge >= 0.3 is 0 Å². The van der Waals surface area contributed by atoms with E-state index in [1.807, 2.05) is 29.6 Å². The summed E-state index contributed by atoms with van der Waals surface area (Å²) in [6, 6.07) is 13.8. The average molecular weight is 421 g/mol. The van der Waals surface area contributed by atoms with Crippen molar-refractivity contribution in [1.29, 1.82) is 0 Å². The Morgan fingerprint density at radius 1 is 1.23 bits per heavy atom. The summed E-state index contributed by atoms with van der Waals surface area (Å²) in [4.78, 5) is 17.4. The molecule has 1 atom stereocenters. The lowest BCUT2D eigenvalue weighted by molar-refractivity contribution is -0.117. The molecular weight excluding hydrogens is 402 g/mol. The molecule has 152 valence electrons. The third-order valence-electron chi connectivity index (χ3n) is 4.54. The van der Waals surface area contributed by atoms with E-state index in [0.29, 0.717) is 16.5 Å². The van der Waals surface area contributed by atoms with Gasteiger partial charge in [-0.1, -0.05) is 12.1 Å². The lowest BCUT2D eigenvalue weighted by Gasteiger charge is -2.08. The van der Waals surface area contributed by atoms with E-state index in [-0.39, 0.29) is 12.5 Å². The van der Waals surface area contributed by atoms with Crippen molar-refractivity contribution >= 4 is 33.8 Å². The molecule has 4 rings (SSSR count). The minimum absolute atomic E-state index is 0.0828. The minimum atomic E-state index is -0.795. The van der Waals surface area contributed by atoms with Crippen LogP contribution in [-0.4, -0.2) is 34.9 Å².